The highest BCUT2D eigenvalue weighted by atomic mass is 32.2. The SMILES string of the molecule is O.O=C(O)CC(SCn1cnc2ccccc21)C(=O)O. The maximum atomic E-state index is 10.9. The predicted octanol–water partition coefficient (Wildman–Crippen LogP) is 0.830. The van der Waals surface area contributed by atoms with Crippen LogP contribution in [0.25, 0.3) is 11.0 Å². The van der Waals surface area contributed by atoms with Crippen LogP contribution < -0.4 is 0 Å². The summed E-state index contributed by atoms with van der Waals surface area (Å²) in [5.41, 5.74) is 1.72. The van der Waals surface area contributed by atoms with E-state index in [0.29, 0.717) is 5.88 Å². The van der Waals surface area contributed by atoms with Crippen molar-refractivity contribution in [1.29, 1.82) is 0 Å². The molecule has 0 fully saturated rings. The topological polar surface area (TPSA) is 124 Å². The Morgan fingerprint density at radius 3 is 2.65 bits per heavy atom. The van der Waals surface area contributed by atoms with Crippen LogP contribution in [0.1, 0.15) is 6.42 Å². The minimum Gasteiger partial charge on any atom is -0.481 e. The zero-order valence-electron chi connectivity index (χ0n) is 10.4. The number of aliphatic carboxylic acids is 2. The Morgan fingerprint density at radius 2 is 2.00 bits per heavy atom. The minimum atomic E-state index is -1.12. The summed E-state index contributed by atoms with van der Waals surface area (Å²) >= 11 is 1.07. The van der Waals surface area contributed by atoms with E-state index in [1.54, 1.807) is 10.9 Å². The highest BCUT2D eigenvalue weighted by Crippen LogP contribution is 2.20. The molecule has 1 aromatic carbocycles. The van der Waals surface area contributed by atoms with Crippen LogP contribution in [0.5, 0.6) is 0 Å². The molecular weight excluding hydrogens is 284 g/mol. The summed E-state index contributed by atoms with van der Waals surface area (Å²) in [4.78, 5) is 25.7. The number of hydrogen-bond donors (Lipinski definition) is 2. The first-order chi connectivity index (χ1) is 9.08. The van der Waals surface area contributed by atoms with Crippen LogP contribution in [-0.2, 0) is 15.5 Å². The molecule has 0 spiro atoms. The fourth-order valence-corrected chi connectivity index (χ4v) is 2.61. The van der Waals surface area contributed by atoms with Crippen LogP contribution >= 0.6 is 11.8 Å². The lowest BCUT2D eigenvalue weighted by atomic mass is 10.3. The van der Waals surface area contributed by atoms with Crippen molar-refractivity contribution in [3.8, 4) is 0 Å². The number of hydrogen-bond acceptors (Lipinski definition) is 4. The fraction of sp³-hybridized carbons (Fsp3) is 0.250. The van der Waals surface area contributed by atoms with Gasteiger partial charge in [0.2, 0.25) is 0 Å². The molecule has 1 unspecified atom stereocenters. The van der Waals surface area contributed by atoms with E-state index in [1.807, 2.05) is 24.3 Å². The number of benzene rings is 1. The molecule has 8 heteroatoms. The Morgan fingerprint density at radius 1 is 1.30 bits per heavy atom. The largest absolute Gasteiger partial charge is 0.481 e. The van der Waals surface area contributed by atoms with Gasteiger partial charge in [-0.05, 0) is 12.1 Å². The number of fused-ring (bicyclic) bond motifs is 1. The van der Waals surface area contributed by atoms with Gasteiger partial charge >= 0.3 is 11.9 Å². The molecule has 0 aliphatic heterocycles. The van der Waals surface area contributed by atoms with Crippen LogP contribution in [0.3, 0.4) is 0 Å². The monoisotopic (exact) mass is 298 g/mol. The summed E-state index contributed by atoms with van der Waals surface area (Å²) in [6.07, 6.45) is 1.23. The van der Waals surface area contributed by atoms with Gasteiger partial charge in [0.25, 0.3) is 0 Å². The van der Waals surface area contributed by atoms with Crippen LogP contribution in [-0.4, -0.2) is 42.4 Å². The number of carboxylic acid groups (broad SMARTS) is 2. The average Bonchev–Trinajstić information content (AvgIpc) is 2.77. The highest BCUT2D eigenvalue weighted by Gasteiger charge is 2.21. The molecule has 2 rings (SSSR count). The van der Waals surface area contributed by atoms with Crippen LogP contribution in [0.4, 0.5) is 0 Å². The number of carbonyl (C=O) groups is 2. The molecule has 1 aromatic heterocycles. The fourth-order valence-electron chi connectivity index (χ4n) is 1.66. The van der Waals surface area contributed by atoms with Gasteiger partial charge in [-0.3, -0.25) is 9.59 Å². The van der Waals surface area contributed by atoms with E-state index in [-0.39, 0.29) is 5.48 Å². The quantitative estimate of drug-likeness (QED) is 0.814. The maximum absolute atomic E-state index is 10.9. The maximum Gasteiger partial charge on any atom is 0.317 e. The summed E-state index contributed by atoms with van der Waals surface area (Å²) in [7, 11) is 0. The first kappa shape index (κ1) is 16.0. The van der Waals surface area contributed by atoms with E-state index < -0.39 is 23.6 Å². The second-order valence-electron chi connectivity index (χ2n) is 3.92. The Kier molecular flexibility index (Phi) is 5.53. The van der Waals surface area contributed by atoms with Crippen molar-refractivity contribution >= 4 is 34.7 Å². The molecule has 0 aliphatic rings. The van der Waals surface area contributed by atoms with Gasteiger partial charge in [0.1, 0.15) is 5.25 Å². The molecule has 0 aliphatic carbocycles. The lowest BCUT2D eigenvalue weighted by Crippen LogP contribution is -2.21. The van der Waals surface area contributed by atoms with E-state index in [0.717, 1.165) is 22.8 Å². The molecule has 4 N–H and O–H groups in total. The Balaban J connectivity index is 0.00000200. The smallest absolute Gasteiger partial charge is 0.317 e. The van der Waals surface area contributed by atoms with Gasteiger partial charge in [0, 0.05) is 0 Å². The molecule has 7 nitrogen and oxygen atoms in total. The third kappa shape index (κ3) is 3.72. The van der Waals surface area contributed by atoms with Crippen molar-refractivity contribution in [2.75, 3.05) is 0 Å². The molecule has 2 aromatic rings. The van der Waals surface area contributed by atoms with Gasteiger partial charge in [-0.25, -0.2) is 4.98 Å². The van der Waals surface area contributed by atoms with Crippen molar-refractivity contribution in [3.05, 3.63) is 30.6 Å². The van der Waals surface area contributed by atoms with Crippen LogP contribution in [0.15, 0.2) is 30.6 Å². The zero-order chi connectivity index (χ0) is 13.8. The van der Waals surface area contributed by atoms with E-state index in [2.05, 4.69) is 4.98 Å². The molecular formula is C12H14N2O5S. The van der Waals surface area contributed by atoms with E-state index >= 15 is 0 Å². The number of thioether (sulfide) groups is 1. The molecule has 1 atom stereocenters. The number of rotatable bonds is 6. The van der Waals surface area contributed by atoms with Gasteiger partial charge in [0.05, 0.1) is 29.7 Å². The summed E-state index contributed by atoms with van der Waals surface area (Å²) in [6, 6.07) is 7.49. The Bertz CT molecular complexity index is 613. The average molecular weight is 298 g/mol. The lowest BCUT2D eigenvalue weighted by Gasteiger charge is -2.10. The number of imidazole rings is 1. The van der Waals surface area contributed by atoms with Crippen LogP contribution in [0.2, 0.25) is 0 Å². The van der Waals surface area contributed by atoms with Crippen molar-refractivity contribution in [3.63, 3.8) is 0 Å². The van der Waals surface area contributed by atoms with Gasteiger partial charge in [-0.15, -0.1) is 11.8 Å². The normalized spacial score (nSPS) is 11.8. The highest BCUT2D eigenvalue weighted by molar-refractivity contribution is 7.99. The first-order valence-corrected chi connectivity index (χ1v) is 6.59. The Labute approximate surface area is 118 Å². The van der Waals surface area contributed by atoms with Gasteiger partial charge in [-0.2, -0.15) is 0 Å². The molecule has 1 heterocycles. The molecule has 20 heavy (non-hydrogen) atoms. The lowest BCUT2D eigenvalue weighted by molar-refractivity contribution is -0.142. The minimum absolute atomic E-state index is 0. The van der Waals surface area contributed by atoms with E-state index in [1.165, 1.54) is 0 Å². The van der Waals surface area contributed by atoms with Crippen LogP contribution in [0, 0.1) is 0 Å². The summed E-state index contributed by atoms with van der Waals surface area (Å²) < 4.78 is 1.80. The number of nitrogens with zero attached hydrogens (tertiary/aromatic N) is 2. The predicted molar refractivity (Wildman–Crippen MR) is 74.6 cm³/mol. The van der Waals surface area contributed by atoms with Gasteiger partial charge < -0.3 is 20.3 Å². The summed E-state index contributed by atoms with van der Waals surface area (Å²) in [5.74, 6) is -1.88. The first-order valence-electron chi connectivity index (χ1n) is 5.54. The number of para-hydroxylation sites is 2. The Hall–Kier alpha value is -2.06. The van der Waals surface area contributed by atoms with Crippen molar-refractivity contribution in [2.45, 2.75) is 17.5 Å². The van der Waals surface area contributed by atoms with Gasteiger partial charge in [0.15, 0.2) is 0 Å². The van der Waals surface area contributed by atoms with E-state index in [9.17, 15) is 9.59 Å². The second-order valence-corrected chi connectivity index (χ2v) is 5.08. The molecule has 0 bridgehead atoms. The van der Waals surface area contributed by atoms with Crippen molar-refractivity contribution < 1.29 is 25.3 Å². The summed E-state index contributed by atoms with van der Waals surface area (Å²) in [5, 5.41) is 16.7. The molecule has 0 saturated carbocycles. The van der Waals surface area contributed by atoms with Gasteiger partial charge in [-0.1, -0.05) is 12.1 Å². The molecule has 0 radical (unpaired) electrons. The third-order valence-electron chi connectivity index (χ3n) is 2.58. The van der Waals surface area contributed by atoms with Crippen molar-refractivity contribution in [1.82, 2.24) is 9.55 Å². The molecule has 0 amide bonds. The molecule has 0 saturated heterocycles. The van der Waals surface area contributed by atoms with E-state index in [4.69, 9.17) is 10.2 Å². The van der Waals surface area contributed by atoms with Crippen molar-refractivity contribution in [2.24, 2.45) is 0 Å². The second kappa shape index (κ2) is 6.92. The number of carboxylic acids is 2. The summed E-state index contributed by atoms with van der Waals surface area (Å²) in [6.45, 7) is 0. The third-order valence-corrected chi connectivity index (χ3v) is 3.78. The molecule has 108 valence electrons. The standard InChI is InChI=1S/C12H12N2O4S.H2O/c15-11(16)5-10(12(17)18)19-7-14-6-13-8-3-1-2-4-9(8)14;/h1-4,6,10H,5,7H2,(H,15,16)(H,17,18);1H2. The number of aromatic nitrogens is 2. The zero-order valence-corrected chi connectivity index (χ0v) is 11.2.